The second-order valence-corrected chi connectivity index (χ2v) is 6.60. The van der Waals surface area contributed by atoms with Crippen molar-refractivity contribution in [2.75, 3.05) is 18.8 Å². The van der Waals surface area contributed by atoms with Crippen molar-refractivity contribution in [3.63, 3.8) is 0 Å². The van der Waals surface area contributed by atoms with Crippen molar-refractivity contribution in [3.8, 4) is 0 Å². The summed E-state index contributed by atoms with van der Waals surface area (Å²) in [6.07, 6.45) is 3.13. The van der Waals surface area contributed by atoms with Crippen LogP contribution in [0.1, 0.15) is 35.2 Å². The Morgan fingerprint density at radius 3 is 2.54 bits per heavy atom. The van der Waals surface area contributed by atoms with Gasteiger partial charge in [0.1, 0.15) is 0 Å². The van der Waals surface area contributed by atoms with Crippen LogP contribution in [-0.2, 0) is 11.3 Å². The molecule has 1 N–H and O–H groups in total. The number of hydrogen-bond acceptors (Lipinski definition) is 3. The van der Waals surface area contributed by atoms with Gasteiger partial charge in [-0.05, 0) is 48.7 Å². The lowest BCUT2D eigenvalue weighted by molar-refractivity contribution is -0.119. The number of amides is 2. The minimum Gasteiger partial charge on any atom is -0.351 e. The van der Waals surface area contributed by atoms with Gasteiger partial charge in [-0.3, -0.25) is 9.59 Å². The highest BCUT2D eigenvalue weighted by Crippen LogP contribution is 2.29. The number of hydrogen-bond donors (Lipinski definition) is 1. The zero-order valence-electron chi connectivity index (χ0n) is 13.1. The lowest BCUT2D eigenvalue weighted by Gasteiger charge is -2.26. The van der Waals surface area contributed by atoms with Crippen molar-refractivity contribution in [2.24, 2.45) is 0 Å². The fourth-order valence-corrected chi connectivity index (χ4v) is 2.89. The summed E-state index contributed by atoms with van der Waals surface area (Å²) in [5.41, 5.74) is -3.20. The van der Waals surface area contributed by atoms with E-state index in [0.29, 0.717) is 11.1 Å². The Morgan fingerprint density at radius 2 is 1.88 bits per heavy atom. The summed E-state index contributed by atoms with van der Waals surface area (Å²) in [7, 11) is 0. The van der Waals surface area contributed by atoms with Crippen LogP contribution in [0.3, 0.4) is 0 Å². The summed E-state index contributed by atoms with van der Waals surface area (Å²) < 4.78 is 36.1. The number of nitrogens with zero attached hydrogens (tertiary/aromatic N) is 1. The van der Waals surface area contributed by atoms with Gasteiger partial charge in [0, 0.05) is 25.2 Å². The number of likely N-dealkylation sites (tertiary alicyclic amines) is 1. The molecule has 1 fully saturated rings. The molecule has 0 unspecified atom stereocenters. The molecule has 8 heteroatoms. The summed E-state index contributed by atoms with van der Waals surface area (Å²) in [5, 5.41) is 2.43. The van der Waals surface area contributed by atoms with Crippen LogP contribution in [0.5, 0.6) is 0 Å². The summed E-state index contributed by atoms with van der Waals surface area (Å²) >= 11 is -0.369. The van der Waals surface area contributed by atoms with E-state index >= 15 is 0 Å². The molecule has 1 aliphatic heterocycles. The molecule has 132 valence electrons. The number of carbonyl (C=O) groups excluding carboxylic acids is 2. The number of alkyl halides is 3. The highest BCUT2D eigenvalue weighted by atomic mass is 32.2. The zero-order chi connectivity index (χ0) is 17.6. The van der Waals surface area contributed by atoms with Gasteiger partial charge in [-0.15, -0.1) is 0 Å². The van der Waals surface area contributed by atoms with E-state index in [2.05, 4.69) is 5.32 Å². The Balaban J connectivity index is 1.88. The largest absolute Gasteiger partial charge is 0.442 e. The molecule has 2 amide bonds. The molecule has 1 aromatic carbocycles. The first-order valence-electron chi connectivity index (χ1n) is 7.71. The van der Waals surface area contributed by atoms with Crippen LogP contribution in [0.15, 0.2) is 24.3 Å². The summed E-state index contributed by atoms with van der Waals surface area (Å²) in [4.78, 5) is 25.6. The van der Waals surface area contributed by atoms with Crippen LogP contribution < -0.4 is 5.32 Å². The molecule has 1 saturated heterocycles. The lowest BCUT2D eigenvalue weighted by Crippen LogP contribution is -2.35. The molecule has 1 aliphatic rings. The molecule has 24 heavy (non-hydrogen) atoms. The lowest BCUT2D eigenvalue weighted by atomic mass is 10.1. The molecular weight excluding hydrogens is 341 g/mol. The summed E-state index contributed by atoms with van der Waals surface area (Å²) in [6, 6.07) is 6.82. The average molecular weight is 360 g/mol. The predicted octanol–water partition coefficient (Wildman–Crippen LogP) is 3.18. The quantitative estimate of drug-likeness (QED) is 0.877. The van der Waals surface area contributed by atoms with Crippen LogP contribution in [0, 0.1) is 0 Å². The van der Waals surface area contributed by atoms with Gasteiger partial charge in [-0.25, -0.2) is 0 Å². The first-order chi connectivity index (χ1) is 11.3. The molecule has 0 atom stereocenters. The predicted molar refractivity (Wildman–Crippen MR) is 86.6 cm³/mol. The third kappa shape index (κ3) is 6.07. The van der Waals surface area contributed by atoms with Crippen molar-refractivity contribution in [1.82, 2.24) is 10.2 Å². The van der Waals surface area contributed by atoms with Crippen molar-refractivity contribution < 1.29 is 22.8 Å². The zero-order valence-corrected chi connectivity index (χ0v) is 13.9. The van der Waals surface area contributed by atoms with Gasteiger partial charge in [0.15, 0.2) is 0 Å². The van der Waals surface area contributed by atoms with Gasteiger partial charge in [0.25, 0.3) is 5.91 Å². The van der Waals surface area contributed by atoms with Gasteiger partial charge in [0.05, 0.1) is 5.75 Å². The number of halogens is 3. The fraction of sp³-hybridized carbons (Fsp3) is 0.500. The molecule has 1 heterocycles. The van der Waals surface area contributed by atoms with Crippen LogP contribution >= 0.6 is 11.8 Å². The maximum absolute atomic E-state index is 12.4. The molecule has 0 saturated carbocycles. The highest BCUT2D eigenvalue weighted by Gasteiger charge is 2.29. The van der Waals surface area contributed by atoms with Gasteiger partial charge in [-0.2, -0.15) is 13.2 Å². The Labute approximate surface area is 142 Å². The van der Waals surface area contributed by atoms with E-state index in [1.807, 2.05) is 0 Å². The number of benzene rings is 1. The first-order valence-corrected chi connectivity index (χ1v) is 8.69. The van der Waals surface area contributed by atoms with E-state index < -0.39 is 17.2 Å². The van der Waals surface area contributed by atoms with Gasteiger partial charge in [-0.1, -0.05) is 12.1 Å². The van der Waals surface area contributed by atoms with Crippen LogP contribution in [-0.4, -0.2) is 41.1 Å². The van der Waals surface area contributed by atoms with Crippen molar-refractivity contribution in [1.29, 1.82) is 0 Å². The normalized spacial score (nSPS) is 15.2. The third-order valence-corrected chi connectivity index (χ3v) is 4.41. The molecule has 1 aromatic rings. The number of rotatable bonds is 5. The maximum atomic E-state index is 12.4. The first kappa shape index (κ1) is 18.6. The topological polar surface area (TPSA) is 49.4 Å². The van der Waals surface area contributed by atoms with Gasteiger partial charge < -0.3 is 10.2 Å². The SMILES string of the molecule is O=C(CSC(F)(F)F)NCc1cccc(C(=O)N2CCCCC2)c1. The number of nitrogens with one attached hydrogen (secondary N) is 1. The molecule has 4 nitrogen and oxygen atoms in total. The smallest absolute Gasteiger partial charge is 0.351 e. The van der Waals surface area contributed by atoms with Crippen LogP contribution in [0.2, 0.25) is 0 Å². The fourth-order valence-electron chi connectivity index (χ4n) is 2.49. The Morgan fingerprint density at radius 1 is 1.17 bits per heavy atom. The van der Waals surface area contributed by atoms with E-state index in [4.69, 9.17) is 0 Å². The summed E-state index contributed by atoms with van der Waals surface area (Å²) in [5.74, 6) is -1.41. The standard InChI is InChI=1S/C16H19F3N2O2S/c17-16(18,19)24-11-14(22)20-10-12-5-4-6-13(9-12)15(23)21-7-2-1-3-8-21/h4-6,9H,1-3,7-8,10-11H2,(H,20,22). The van der Waals surface area contributed by atoms with Crippen molar-refractivity contribution in [3.05, 3.63) is 35.4 Å². The van der Waals surface area contributed by atoms with Gasteiger partial charge >= 0.3 is 5.51 Å². The van der Waals surface area contributed by atoms with E-state index in [-0.39, 0.29) is 24.2 Å². The second-order valence-electron chi connectivity index (χ2n) is 5.56. The monoisotopic (exact) mass is 360 g/mol. The van der Waals surface area contributed by atoms with Crippen molar-refractivity contribution in [2.45, 2.75) is 31.3 Å². The molecule has 2 rings (SSSR count). The Hall–Kier alpha value is -1.70. The number of thioether (sulfide) groups is 1. The highest BCUT2D eigenvalue weighted by molar-refractivity contribution is 8.00. The maximum Gasteiger partial charge on any atom is 0.442 e. The second kappa shape index (κ2) is 8.41. The van der Waals surface area contributed by atoms with E-state index in [1.165, 1.54) is 0 Å². The third-order valence-electron chi connectivity index (χ3n) is 3.67. The van der Waals surface area contributed by atoms with Crippen LogP contribution in [0.4, 0.5) is 13.2 Å². The minimum atomic E-state index is -4.42. The Bertz CT molecular complexity index is 587. The molecule has 0 spiro atoms. The van der Waals surface area contributed by atoms with E-state index in [1.54, 1.807) is 29.2 Å². The van der Waals surface area contributed by atoms with Gasteiger partial charge in [0.2, 0.25) is 5.91 Å². The van der Waals surface area contributed by atoms with Crippen molar-refractivity contribution >= 4 is 23.6 Å². The van der Waals surface area contributed by atoms with E-state index in [9.17, 15) is 22.8 Å². The molecule has 0 aromatic heterocycles. The summed E-state index contributed by atoms with van der Waals surface area (Å²) in [6.45, 7) is 1.58. The molecule has 0 aliphatic carbocycles. The molecule has 0 bridgehead atoms. The Kier molecular flexibility index (Phi) is 6.53. The van der Waals surface area contributed by atoms with E-state index in [0.717, 1.165) is 32.4 Å². The minimum absolute atomic E-state index is 0.0458. The van der Waals surface area contributed by atoms with Crippen LogP contribution in [0.25, 0.3) is 0 Å². The molecular formula is C16H19F3N2O2S. The average Bonchev–Trinajstić information content (AvgIpc) is 2.58. The molecule has 0 radical (unpaired) electrons. The number of carbonyl (C=O) groups is 2. The number of piperidine rings is 1.